The average Bonchev–Trinajstić information content (AvgIpc) is 2.81. The number of aromatic nitrogens is 4. The fraction of sp³-hybridized carbons (Fsp3) is 0.0714. The third-order valence-electron chi connectivity index (χ3n) is 2.83. The van der Waals surface area contributed by atoms with Gasteiger partial charge in [0.05, 0.1) is 12.0 Å². The van der Waals surface area contributed by atoms with Crippen molar-refractivity contribution in [3.05, 3.63) is 54.0 Å². The average molecular weight is 254 g/mol. The van der Waals surface area contributed by atoms with E-state index < -0.39 is 0 Å². The summed E-state index contributed by atoms with van der Waals surface area (Å²) in [5.74, 6) is -0.244. The second kappa shape index (κ2) is 4.61. The van der Waals surface area contributed by atoms with Crippen LogP contribution in [-0.2, 0) is 7.05 Å². The molecule has 4 nitrogen and oxygen atoms in total. The van der Waals surface area contributed by atoms with Crippen molar-refractivity contribution < 1.29 is 4.39 Å². The Bertz CT molecular complexity index is 744. The van der Waals surface area contributed by atoms with Crippen LogP contribution in [0.4, 0.5) is 4.39 Å². The predicted octanol–water partition coefficient (Wildman–Crippen LogP) is 2.67. The quantitative estimate of drug-likeness (QED) is 0.706. The van der Waals surface area contributed by atoms with Crippen molar-refractivity contribution in [3.8, 4) is 0 Å². The molecule has 0 aliphatic rings. The minimum absolute atomic E-state index is 0.244. The van der Waals surface area contributed by atoms with Crippen molar-refractivity contribution >= 4 is 23.3 Å². The highest BCUT2D eigenvalue weighted by atomic mass is 19.1. The predicted molar refractivity (Wildman–Crippen MR) is 71.6 cm³/mol. The number of halogens is 1. The van der Waals surface area contributed by atoms with Gasteiger partial charge in [-0.25, -0.2) is 19.3 Å². The van der Waals surface area contributed by atoms with Gasteiger partial charge in [-0.15, -0.1) is 0 Å². The van der Waals surface area contributed by atoms with E-state index in [0.29, 0.717) is 0 Å². The molecule has 3 rings (SSSR count). The van der Waals surface area contributed by atoms with E-state index in [4.69, 9.17) is 0 Å². The SMILES string of the molecule is Cn1cnc2c(/C=C/c3ccc(F)cc3)ncnc21. The molecule has 94 valence electrons. The maximum Gasteiger partial charge on any atom is 0.163 e. The largest absolute Gasteiger partial charge is 0.318 e. The summed E-state index contributed by atoms with van der Waals surface area (Å²) < 4.78 is 14.6. The Morgan fingerprint density at radius 3 is 2.63 bits per heavy atom. The van der Waals surface area contributed by atoms with E-state index in [1.165, 1.54) is 18.5 Å². The van der Waals surface area contributed by atoms with E-state index in [2.05, 4.69) is 15.0 Å². The summed E-state index contributed by atoms with van der Waals surface area (Å²) >= 11 is 0. The van der Waals surface area contributed by atoms with Gasteiger partial charge in [-0.1, -0.05) is 18.2 Å². The van der Waals surface area contributed by atoms with Crippen molar-refractivity contribution in [1.29, 1.82) is 0 Å². The zero-order chi connectivity index (χ0) is 13.2. The zero-order valence-corrected chi connectivity index (χ0v) is 10.3. The van der Waals surface area contributed by atoms with Crippen LogP contribution in [0.3, 0.4) is 0 Å². The van der Waals surface area contributed by atoms with E-state index in [1.807, 2.05) is 23.8 Å². The van der Waals surface area contributed by atoms with E-state index in [-0.39, 0.29) is 5.82 Å². The molecule has 2 heterocycles. The van der Waals surface area contributed by atoms with E-state index in [0.717, 1.165) is 22.4 Å². The Morgan fingerprint density at radius 2 is 1.84 bits per heavy atom. The molecule has 0 unspecified atom stereocenters. The number of rotatable bonds is 2. The highest BCUT2D eigenvalue weighted by molar-refractivity contribution is 5.83. The molecule has 0 spiro atoms. The van der Waals surface area contributed by atoms with Gasteiger partial charge in [0, 0.05) is 7.05 Å². The summed E-state index contributed by atoms with van der Waals surface area (Å²) in [6.07, 6.45) is 6.93. The molecule has 1 aromatic carbocycles. The van der Waals surface area contributed by atoms with Gasteiger partial charge in [0.1, 0.15) is 17.7 Å². The van der Waals surface area contributed by atoms with Crippen LogP contribution in [0.2, 0.25) is 0 Å². The van der Waals surface area contributed by atoms with Gasteiger partial charge < -0.3 is 4.57 Å². The van der Waals surface area contributed by atoms with Crippen molar-refractivity contribution in [3.63, 3.8) is 0 Å². The maximum absolute atomic E-state index is 12.8. The highest BCUT2D eigenvalue weighted by Gasteiger charge is 2.05. The van der Waals surface area contributed by atoms with Gasteiger partial charge >= 0.3 is 0 Å². The van der Waals surface area contributed by atoms with Gasteiger partial charge in [-0.2, -0.15) is 0 Å². The Hall–Kier alpha value is -2.56. The van der Waals surface area contributed by atoms with Crippen molar-refractivity contribution in [1.82, 2.24) is 19.5 Å². The third kappa shape index (κ3) is 2.22. The van der Waals surface area contributed by atoms with Gasteiger partial charge in [0.25, 0.3) is 0 Å². The molecule has 5 heteroatoms. The van der Waals surface area contributed by atoms with Crippen LogP contribution >= 0.6 is 0 Å². The summed E-state index contributed by atoms with van der Waals surface area (Å²) in [5, 5.41) is 0. The summed E-state index contributed by atoms with van der Waals surface area (Å²) in [6, 6.07) is 6.28. The zero-order valence-electron chi connectivity index (χ0n) is 10.3. The van der Waals surface area contributed by atoms with Crippen LogP contribution in [0.1, 0.15) is 11.3 Å². The van der Waals surface area contributed by atoms with E-state index in [9.17, 15) is 4.39 Å². The Balaban J connectivity index is 1.99. The molecular weight excluding hydrogens is 243 g/mol. The van der Waals surface area contributed by atoms with E-state index in [1.54, 1.807) is 18.5 Å². The van der Waals surface area contributed by atoms with Crippen LogP contribution in [0.5, 0.6) is 0 Å². The summed E-state index contributed by atoms with van der Waals surface area (Å²) in [6.45, 7) is 0. The van der Waals surface area contributed by atoms with Gasteiger partial charge in [-0.05, 0) is 23.8 Å². The number of benzene rings is 1. The second-order valence-corrected chi connectivity index (χ2v) is 4.17. The number of aryl methyl sites for hydroxylation is 1. The number of hydrogen-bond acceptors (Lipinski definition) is 3. The molecule has 2 aromatic heterocycles. The summed E-state index contributed by atoms with van der Waals surface area (Å²) in [4.78, 5) is 12.7. The number of hydrogen-bond donors (Lipinski definition) is 0. The molecule has 0 radical (unpaired) electrons. The minimum Gasteiger partial charge on any atom is -0.318 e. The fourth-order valence-corrected chi connectivity index (χ4v) is 1.83. The molecule has 0 bridgehead atoms. The van der Waals surface area contributed by atoms with Crippen LogP contribution in [0, 0.1) is 5.82 Å². The molecule has 0 saturated heterocycles. The number of fused-ring (bicyclic) bond motifs is 1. The lowest BCUT2D eigenvalue weighted by atomic mass is 10.2. The molecule has 0 N–H and O–H groups in total. The third-order valence-corrected chi connectivity index (χ3v) is 2.83. The first-order valence-corrected chi connectivity index (χ1v) is 5.80. The summed E-state index contributed by atoms with van der Waals surface area (Å²) in [7, 11) is 1.88. The molecule has 0 aliphatic carbocycles. The molecule has 0 saturated carbocycles. The summed E-state index contributed by atoms with van der Waals surface area (Å²) in [5.41, 5.74) is 3.19. The molecule has 19 heavy (non-hydrogen) atoms. The molecule has 0 fully saturated rings. The second-order valence-electron chi connectivity index (χ2n) is 4.17. The smallest absolute Gasteiger partial charge is 0.163 e. The fourth-order valence-electron chi connectivity index (χ4n) is 1.83. The van der Waals surface area contributed by atoms with Gasteiger partial charge in [-0.3, -0.25) is 0 Å². The Labute approximate surface area is 109 Å². The molecule has 3 aromatic rings. The number of imidazole rings is 1. The van der Waals surface area contributed by atoms with Gasteiger partial charge in [0.2, 0.25) is 0 Å². The monoisotopic (exact) mass is 254 g/mol. The van der Waals surface area contributed by atoms with Crippen molar-refractivity contribution in [2.75, 3.05) is 0 Å². The van der Waals surface area contributed by atoms with Crippen molar-refractivity contribution in [2.24, 2.45) is 7.05 Å². The standard InChI is InChI=1S/C14H11FN4/c1-19-9-18-13-12(16-8-17-14(13)19)7-4-10-2-5-11(15)6-3-10/h2-9H,1H3/b7-4+. The van der Waals surface area contributed by atoms with Crippen LogP contribution < -0.4 is 0 Å². The first kappa shape index (κ1) is 11.5. The highest BCUT2D eigenvalue weighted by Crippen LogP contribution is 2.14. The first-order chi connectivity index (χ1) is 9.24. The van der Waals surface area contributed by atoms with Crippen LogP contribution in [-0.4, -0.2) is 19.5 Å². The van der Waals surface area contributed by atoms with Gasteiger partial charge in [0.15, 0.2) is 5.65 Å². The molecule has 0 aliphatic heterocycles. The van der Waals surface area contributed by atoms with Crippen LogP contribution in [0.25, 0.3) is 23.3 Å². The van der Waals surface area contributed by atoms with Crippen molar-refractivity contribution in [2.45, 2.75) is 0 Å². The Morgan fingerprint density at radius 1 is 1.05 bits per heavy atom. The topological polar surface area (TPSA) is 43.6 Å². The lowest BCUT2D eigenvalue weighted by Gasteiger charge is -1.96. The maximum atomic E-state index is 12.8. The van der Waals surface area contributed by atoms with E-state index >= 15 is 0 Å². The minimum atomic E-state index is -0.244. The Kier molecular flexibility index (Phi) is 2.79. The number of nitrogens with zero attached hydrogens (tertiary/aromatic N) is 4. The molecular formula is C14H11FN4. The molecule has 0 atom stereocenters. The molecule has 0 amide bonds. The van der Waals surface area contributed by atoms with Crippen LogP contribution in [0.15, 0.2) is 36.9 Å². The first-order valence-electron chi connectivity index (χ1n) is 5.80. The normalized spacial score (nSPS) is 11.5. The lowest BCUT2D eigenvalue weighted by Crippen LogP contribution is -1.90. The lowest BCUT2D eigenvalue weighted by molar-refractivity contribution is 0.628.